The van der Waals surface area contributed by atoms with Crippen molar-refractivity contribution in [2.45, 2.75) is 20.0 Å². The van der Waals surface area contributed by atoms with Crippen LogP contribution in [0.5, 0.6) is 11.8 Å². The summed E-state index contributed by atoms with van der Waals surface area (Å²) in [5.74, 6) is 0.0870. The molecule has 1 aromatic heterocycles. The van der Waals surface area contributed by atoms with Gasteiger partial charge in [-0.3, -0.25) is 10.1 Å². The van der Waals surface area contributed by atoms with Crippen molar-refractivity contribution in [3.63, 3.8) is 0 Å². The summed E-state index contributed by atoms with van der Waals surface area (Å²) in [5, 5.41) is 19.9. The molecule has 20 heavy (non-hydrogen) atoms. The quantitative estimate of drug-likeness (QED) is 0.663. The highest BCUT2D eigenvalue weighted by atomic mass is 16.6. The molecule has 0 fully saturated rings. The van der Waals surface area contributed by atoms with E-state index in [9.17, 15) is 10.1 Å². The molecule has 0 amide bonds. The average molecular weight is 275 g/mol. The highest BCUT2D eigenvalue weighted by Gasteiger charge is 2.17. The minimum Gasteiger partial charge on any atom is -0.417 e. The fraction of sp³-hybridized carbons (Fsp3) is 0.231. The van der Waals surface area contributed by atoms with Crippen LogP contribution in [-0.2, 0) is 13.0 Å². The number of rotatable bonds is 5. The third kappa shape index (κ3) is 3.07. The van der Waals surface area contributed by atoms with Crippen LogP contribution in [0.25, 0.3) is 0 Å². The Balaban J connectivity index is 2.29. The summed E-state index contributed by atoms with van der Waals surface area (Å²) in [6.45, 7) is 1.74. The van der Waals surface area contributed by atoms with Gasteiger partial charge in [0.25, 0.3) is 0 Å². The van der Waals surface area contributed by atoms with Crippen LogP contribution in [0.2, 0.25) is 0 Å². The Labute approximate surface area is 115 Å². The molecule has 7 nitrogen and oxygen atoms in total. The highest BCUT2D eigenvalue weighted by Crippen LogP contribution is 2.30. The van der Waals surface area contributed by atoms with Crippen molar-refractivity contribution in [3.05, 3.63) is 51.8 Å². The molecule has 1 heterocycles. The number of nitro groups is 1. The number of hydrogen-bond acceptors (Lipinski definition) is 6. The van der Waals surface area contributed by atoms with Gasteiger partial charge >= 0.3 is 11.7 Å². The number of nitro benzene ring substituents is 1. The van der Waals surface area contributed by atoms with Gasteiger partial charge < -0.3 is 9.84 Å². The van der Waals surface area contributed by atoms with Crippen molar-refractivity contribution < 1.29 is 14.8 Å². The molecule has 2 aromatic rings. The summed E-state index contributed by atoms with van der Waals surface area (Å²) in [7, 11) is 0. The van der Waals surface area contributed by atoms with Gasteiger partial charge in [0.1, 0.15) is 0 Å². The summed E-state index contributed by atoms with van der Waals surface area (Å²) in [6.07, 6.45) is 3.49. The van der Waals surface area contributed by atoms with Crippen LogP contribution < -0.4 is 4.74 Å². The second-order valence-electron chi connectivity index (χ2n) is 4.05. The molecule has 0 saturated carbocycles. The molecular weight excluding hydrogens is 262 g/mol. The van der Waals surface area contributed by atoms with E-state index in [0.717, 1.165) is 5.56 Å². The maximum atomic E-state index is 11.0. The SMILES string of the molecule is CCc1ccc(Oc2ncc(CO)cn2)c([N+](=O)[O-])c1. The van der Waals surface area contributed by atoms with Gasteiger partial charge in [0.05, 0.1) is 11.5 Å². The number of aliphatic hydroxyl groups excluding tert-OH is 1. The first-order valence-corrected chi connectivity index (χ1v) is 6.01. The topological polar surface area (TPSA) is 98.4 Å². The lowest BCUT2D eigenvalue weighted by Crippen LogP contribution is -1.98. The number of benzene rings is 1. The molecule has 0 bridgehead atoms. The fourth-order valence-electron chi connectivity index (χ4n) is 1.59. The van der Waals surface area contributed by atoms with Gasteiger partial charge in [0.15, 0.2) is 0 Å². The maximum Gasteiger partial charge on any atom is 0.322 e. The van der Waals surface area contributed by atoms with Crippen molar-refractivity contribution >= 4 is 5.69 Å². The molecule has 1 N–H and O–H groups in total. The molecular formula is C13H13N3O4. The molecule has 0 atom stereocenters. The molecule has 0 unspecified atom stereocenters. The predicted octanol–water partition coefficient (Wildman–Crippen LogP) is 2.23. The lowest BCUT2D eigenvalue weighted by atomic mass is 10.1. The smallest absolute Gasteiger partial charge is 0.322 e. The first-order valence-electron chi connectivity index (χ1n) is 6.01. The van der Waals surface area contributed by atoms with Gasteiger partial charge in [-0.2, -0.15) is 0 Å². The summed E-state index contributed by atoms with van der Waals surface area (Å²) in [6, 6.07) is 4.75. The Morgan fingerprint density at radius 3 is 2.55 bits per heavy atom. The summed E-state index contributed by atoms with van der Waals surface area (Å²) in [5.41, 5.74) is 1.26. The van der Waals surface area contributed by atoms with Crippen molar-refractivity contribution in [3.8, 4) is 11.8 Å². The lowest BCUT2D eigenvalue weighted by molar-refractivity contribution is -0.385. The van der Waals surface area contributed by atoms with Gasteiger partial charge in [-0.05, 0) is 18.1 Å². The number of nitrogens with zero attached hydrogens (tertiary/aromatic N) is 3. The minimum absolute atomic E-state index is 0.00505. The molecule has 7 heteroatoms. The third-order valence-electron chi connectivity index (χ3n) is 2.69. The summed E-state index contributed by atoms with van der Waals surface area (Å²) >= 11 is 0. The van der Waals surface area contributed by atoms with E-state index in [1.807, 2.05) is 6.92 Å². The number of aryl methyl sites for hydroxylation is 1. The van der Waals surface area contributed by atoms with Crippen LogP contribution in [0.4, 0.5) is 5.69 Å². The monoisotopic (exact) mass is 275 g/mol. The molecule has 0 spiro atoms. The summed E-state index contributed by atoms with van der Waals surface area (Å²) < 4.78 is 5.32. The van der Waals surface area contributed by atoms with E-state index in [0.29, 0.717) is 12.0 Å². The molecule has 0 radical (unpaired) electrons. The normalized spacial score (nSPS) is 10.3. The van der Waals surface area contributed by atoms with Crippen molar-refractivity contribution in [2.24, 2.45) is 0 Å². The Kier molecular flexibility index (Phi) is 4.21. The Morgan fingerprint density at radius 2 is 2.00 bits per heavy atom. The van der Waals surface area contributed by atoms with E-state index in [4.69, 9.17) is 9.84 Å². The number of hydrogen-bond donors (Lipinski definition) is 1. The largest absolute Gasteiger partial charge is 0.417 e. The average Bonchev–Trinajstić information content (AvgIpc) is 2.48. The molecule has 104 valence electrons. The number of aromatic nitrogens is 2. The zero-order valence-corrected chi connectivity index (χ0v) is 10.8. The zero-order chi connectivity index (χ0) is 14.5. The Hall–Kier alpha value is -2.54. The van der Waals surface area contributed by atoms with Gasteiger partial charge in [0.2, 0.25) is 5.75 Å². The molecule has 2 rings (SSSR count). The molecule has 0 aliphatic carbocycles. The van der Waals surface area contributed by atoms with Crippen LogP contribution in [-0.4, -0.2) is 20.0 Å². The number of ether oxygens (including phenoxy) is 1. The van der Waals surface area contributed by atoms with Gasteiger partial charge in [-0.25, -0.2) is 9.97 Å². The third-order valence-corrected chi connectivity index (χ3v) is 2.69. The van der Waals surface area contributed by atoms with Crippen molar-refractivity contribution in [2.75, 3.05) is 0 Å². The Bertz CT molecular complexity index is 614. The van der Waals surface area contributed by atoms with Crippen LogP contribution >= 0.6 is 0 Å². The van der Waals surface area contributed by atoms with E-state index >= 15 is 0 Å². The molecule has 0 saturated heterocycles. The van der Waals surface area contributed by atoms with E-state index < -0.39 is 4.92 Å². The first kappa shape index (κ1) is 13.9. The predicted molar refractivity (Wildman–Crippen MR) is 70.5 cm³/mol. The van der Waals surface area contributed by atoms with E-state index in [1.165, 1.54) is 24.5 Å². The van der Waals surface area contributed by atoms with E-state index in [2.05, 4.69) is 9.97 Å². The van der Waals surface area contributed by atoms with Crippen molar-refractivity contribution in [1.29, 1.82) is 0 Å². The van der Waals surface area contributed by atoms with Crippen molar-refractivity contribution in [1.82, 2.24) is 9.97 Å². The van der Waals surface area contributed by atoms with Gasteiger partial charge in [-0.1, -0.05) is 13.0 Å². The fourth-order valence-corrected chi connectivity index (χ4v) is 1.59. The van der Waals surface area contributed by atoms with Crippen LogP contribution in [0.15, 0.2) is 30.6 Å². The summed E-state index contributed by atoms with van der Waals surface area (Å²) in [4.78, 5) is 18.3. The van der Waals surface area contributed by atoms with E-state index in [1.54, 1.807) is 6.07 Å². The number of aliphatic hydroxyl groups is 1. The first-order chi connectivity index (χ1) is 9.63. The molecule has 1 aromatic carbocycles. The molecule has 0 aliphatic heterocycles. The highest BCUT2D eigenvalue weighted by molar-refractivity contribution is 5.49. The van der Waals surface area contributed by atoms with Gasteiger partial charge in [-0.15, -0.1) is 0 Å². The Morgan fingerprint density at radius 1 is 1.30 bits per heavy atom. The van der Waals surface area contributed by atoms with Crippen LogP contribution in [0.1, 0.15) is 18.1 Å². The zero-order valence-electron chi connectivity index (χ0n) is 10.8. The van der Waals surface area contributed by atoms with Crippen LogP contribution in [0, 0.1) is 10.1 Å². The van der Waals surface area contributed by atoms with Crippen LogP contribution in [0.3, 0.4) is 0 Å². The standard InChI is InChI=1S/C13H13N3O4/c1-2-9-3-4-12(11(5-9)16(18)19)20-13-14-6-10(8-17)7-15-13/h3-7,17H,2,8H2,1H3. The van der Waals surface area contributed by atoms with E-state index in [-0.39, 0.29) is 24.1 Å². The second-order valence-corrected chi connectivity index (χ2v) is 4.05. The second kappa shape index (κ2) is 6.07. The minimum atomic E-state index is -0.503. The lowest BCUT2D eigenvalue weighted by Gasteiger charge is -2.06. The molecule has 0 aliphatic rings. The maximum absolute atomic E-state index is 11.0. The van der Waals surface area contributed by atoms with Gasteiger partial charge in [0, 0.05) is 24.0 Å².